The molecule has 4 aromatic heterocycles. The van der Waals surface area contributed by atoms with Crippen LogP contribution in [0, 0.1) is 12.1 Å². The summed E-state index contributed by atoms with van der Waals surface area (Å²) in [5.74, 6) is 0.871. The molecule has 0 atom stereocenters. The standard InChI is InChI=1S/C52H35BN6.Pt/c1-57-46-29-14-12-27-44(46)55-52(57)38-31-32-43-42-26-11-13-28-45(42)58(47(43)34-38)41-25-17-22-39(35-41)53(48-30-15-16-33-54-48)49-50(36-18-5-2-6-19-36)56-59(40-23-9-4-10-24-40)51(49)37-20-7-3-8-21-37;/h2-33H,1H3;/q-2;+2. The van der Waals surface area contributed by atoms with Crippen LogP contribution in [0.1, 0.15) is 0 Å². The van der Waals surface area contributed by atoms with Crippen molar-refractivity contribution in [3.63, 3.8) is 0 Å². The van der Waals surface area contributed by atoms with Crippen LogP contribution in [-0.2, 0) is 28.1 Å². The molecular formula is C52H35BN6Pt. The van der Waals surface area contributed by atoms with Crippen LogP contribution in [0.15, 0.2) is 194 Å². The van der Waals surface area contributed by atoms with Crippen LogP contribution in [-0.4, -0.2) is 35.6 Å². The maximum absolute atomic E-state index is 5.47. The summed E-state index contributed by atoms with van der Waals surface area (Å²) in [5, 5.41) is 7.74. The monoisotopic (exact) mass is 949 g/mol. The van der Waals surface area contributed by atoms with Gasteiger partial charge in [-0.25, -0.2) is 4.68 Å². The van der Waals surface area contributed by atoms with Gasteiger partial charge in [-0.15, -0.1) is 29.8 Å². The number of aryl methyl sites for hydroxylation is 1. The number of hydrogen-bond donors (Lipinski definition) is 0. The number of rotatable bonds is 8. The number of pyridine rings is 1. The number of nitrogens with zero attached hydrogens (tertiary/aromatic N) is 6. The van der Waals surface area contributed by atoms with E-state index in [1.54, 1.807) is 0 Å². The van der Waals surface area contributed by atoms with Gasteiger partial charge >= 0.3 is 21.1 Å². The molecule has 0 fully saturated rings. The number of fused-ring (bicyclic) bond motifs is 4. The summed E-state index contributed by atoms with van der Waals surface area (Å²) in [6, 6.07) is 73.0. The summed E-state index contributed by atoms with van der Waals surface area (Å²) in [6.45, 7) is -0.341. The van der Waals surface area contributed by atoms with Gasteiger partial charge in [-0.05, 0) is 64.4 Å². The molecule has 0 bridgehead atoms. The zero-order chi connectivity index (χ0) is 39.3. The Morgan fingerprint density at radius 2 is 1.25 bits per heavy atom. The zero-order valence-corrected chi connectivity index (χ0v) is 34.8. The Balaban J connectivity index is 0.00000433. The van der Waals surface area contributed by atoms with Crippen molar-refractivity contribution in [1.29, 1.82) is 0 Å². The molecule has 60 heavy (non-hydrogen) atoms. The van der Waals surface area contributed by atoms with Crippen molar-refractivity contribution >= 4 is 56.1 Å². The summed E-state index contributed by atoms with van der Waals surface area (Å²) >= 11 is 0. The van der Waals surface area contributed by atoms with E-state index in [9.17, 15) is 0 Å². The minimum Gasteiger partial charge on any atom is -0.367 e. The van der Waals surface area contributed by atoms with Crippen molar-refractivity contribution in [2.45, 2.75) is 0 Å². The van der Waals surface area contributed by atoms with E-state index in [4.69, 9.17) is 15.1 Å². The SMILES string of the molecule is Cn1c(-c2[c-]c3c(cc2)c2ccccc2n3-c2[c-]c(B(c3ccccn3)c3c(-c4ccccc4)nn(-c4ccccc4)c3-c3ccccc3)ccc2)nc2ccccc21.[Pt+2]. The Bertz CT molecular complexity index is 3290. The van der Waals surface area contributed by atoms with Crippen LogP contribution in [0.25, 0.3) is 78.1 Å². The Kier molecular flexibility index (Phi) is 9.67. The smallest absolute Gasteiger partial charge is 0.367 e. The summed E-state index contributed by atoms with van der Waals surface area (Å²) in [7, 11) is 2.07. The quantitative estimate of drug-likeness (QED) is 0.113. The minimum atomic E-state index is -0.341. The fraction of sp³-hybridized carbons (Fsp3) is 0.0192. The second-order valence-corrected chi connectivity index (χ2v) is 14.7. The van der Waals surface area contributed by atoms with Gasteiger partial charge in [0.2, 0.25) is 6.71 Å². The van der Waals surface area contributed by atoms with E-state index in [2.05, 4.69) is 197 Å². The summed E-state index contributed by atoms with van der Waals surface area (Å²) in [6.07, 6.45) is 1.88. The molecule has 7 aromatic carbocycles. The molecule has 0 radical (unpaired) electrons. The molecule has 0 aliphatic heterocycles. The summed E-state index contributed by atoms with van der Waals surface area (Å²) < 4.78 is 6.53. The first-order chi connectivity index (χ1) is 29.2. The molecule has 0 N–H and O–H groups in total. The van der Waals surface area contributed by atoms with E-state index in [0.717, 1.165) is 94.6 Å². The summed E-state index contributed by atoms with van der Waals surface area (Å²) in [5.41, 5.74) is 13.8. The zero-order valence-electron chi connectivity index (χ0n) is 32.6. The van der Waals surface area contributed by atoms with Gasteiger partial charge in [-0.2, -0.15) is 28.8 Å². The number of benzene rings is 7. The van der Waals surface area contributed by atoms with Gasteiger partial charge in [-0.3, -0.25) is 9.97 Å². The third-order valence-corrected chi connectivity index (χ3v) is 11.3. The average Bonchev–Trinajstić information content (AvgIpc) is 3.97. The van der Waals surface area contributed by atoms with Gasteiger partial charge in [0.05, 0.1) is 33.9 Å². The van der Waals surface area contributed by atoms with Crippen molar-refractivity contribution in [3.05, 3.63) is 206 Å². The van der Waals surface area contributed by atoms with Gasteiger partial charge in [0.1, 0.15) is 0 Å². The molecule has 11 rings (SSSR count). The molecule has 0 aliphatic carbocycles. The Morgan fingerprint density at radius 1 is 0.567 bits per heavy atom. The van der Waals surface area contributed by atoms with Crippen LogP contribution in [0.3, 0.4) is 0 Å². The average molecular weight is 950 g/mol. The number of para-hydroxylation sites is 4. The van der Waals surface area contributed by atoms with E-state index in [-0.39, 0.29) is 27.8 Å². The van der Waals surface area contributed by atoms with Crippen molar-refractivity contribution in [3.8, 4) is 45.3 Å². The van der Waals surface area contributed by atoms with Crippen molar-refractivity contribution in [2.75, 3.05) is 0 Å². The van der Waals surface area contributed by atoms with Crippen LogP contribution in [0.4, 0.5) is 0 Å². The van der Waals surface area contributed by atoms with E-state index in [0.29, 0.717) is 0 Å². The van der Waals surface area contributed by atoms with Crippen molar-refractivity contribution in [2.24, 2.45) is 7.05 Å². The molecule has 4 heterocycles. The second-order valence-electron chi connectivity index (χ2n) is 14.7. The maximum atomic E-state index is 5.47. The van der Waals surface area contributed by atoms with E-state index >= 15 is 0 Å². The number of aromatic nitrogens is 6. The third kappa shape index (κ3) is 6.30. The largest absolute Gasteiger partial charge is 2.00 e. The first-order valence-corrected chi connectivity index (χ1v) is 19.8. The topological polar surface area (TPSA) is 53.5 Å². The third-order valence-electron chi connectivity index (χ3n) is 11.3. The molecule has 286 valence electrons. The molecular weight excluding hydrogens is 915 g/mol. The fourth-order valence-corrected chi connectivity index (χ4v) is 8.58. The summed E-state index contributed by atoms with van der Waals surface area (Å²) in [4.78, 5) is 10.1. The molecule has 0 unspecified atom stereocenters. The molecule has 0 amide bonds. The molecule has 0 saturated heterocycles. The van der Waals surface area contributed by atoms with Gasteiger partial charge < -0.3 is 9.13 Å². The van der Waals surface area contributed by atoms with Crippen LogP contribution in [0.5, 0.6) is 0 Å². The Hall–Kier alpha value is -7.08. The molecule has 0 saturated carbocycles. The van der Waals surface area contributed by atoms with Gasteiger partial charge in [0.15, 0.2) is 0 Å². The Morgan fingerprint density at radius 3 is 2.00 bits per heavy atom. The predicted molar refractivity (Wildman–Crippen MR) is 241 cm³/mol. The molecule has 0 spiro atoms. The van der Waals surface area contributed by atoms with Crippen molar-refractivity contribution in [1.82, 2.24) is 28.9 Å². The molecule has 8 heteroatoms. The van der Waals surface area contributed by atoms with E-state index in [1.165, 1.54) is 0 Å². The van der Waals surface area contributed by atoms with E-state index in [1.807, 2.05) is 30.5 Å². The number of hydrogen-bond acceptors (Lipinski definition) is 3. The van der Waals surface area contributed by atoms with Gasteiger partial charge in [0.25, 0.3) is 0 Å². The molecule has 6 nitrogen and oxygen atoms in total. The van der Waals surface area contributed by atoms with Crippen LogP contribution in [0.2, 0.25) is 0 Å². The normalized spacial score (nSPS) is 11.3. The van der Waals surface area contributed by atoms with E-state index < -0.39 is 0 Å². The fourth-order valence-electron chi connectivity index (χ4n) is 8.58. The minimum absolute atomic E-state index is 0. The first kappa shape index (κ1) is 37.2. The predicted octanol–water partition coefficient (Wildman–Crippen LogP) is 9.37. The second kappa shape index (κ2) is 15.6. The molecule has 11 aromatic rings. The van der Waals surface area contributed by atoms with Gasteiger partial charge in [0, 0.05) is 29.9 Å². The van der Waals surface area contributed by atoms with Crippen LogP contribution >= 0.6 is 0 Å². The molecule has 0 aliphatic rings. The number of imidazole rings is 1. The maximum Gasteiger partial charge on any atom is 2.00 e. The first-order valence-electron chi connectivity index (χ1n) is 19.8. The van der Waals surface area contributed by atoms with Crippen LogP contribution < -0.4 is 16.5 Å². The Labute approximate surface area is 362 Å². The van der Waals surface area contributed by atoms with Gasteiger partial charge in [-0.1, -0.05) is 126 Å². The van der Waals surface area contributed by atoms with Crippen molar-refractivity contribution < 1.29 is 21.1 Å².